The number of ether oxygens (including phenoxy) is 1. The molecule has 82 valence electrons. The van der Waals surface area contributed by atoms with Crippen LogP contribution in [0.15, 0.2) is 12.1 Å². The second-order valence-corrected chi connectivity index (χ2v) is 4.40. The molecular weight excluding hydrogens is 253 g/mol. The lowest BCUT2D eigenvalue weighted by atomic mass is 10.1. The molecule has 15 heavy (non-hydrogen) atoms. The quantitative estimate of drug-likeness (QED) is 0.848. The summed E-state index contributed by atoms with van der Waals surface area (Å²) >= 11 is 16.7. The van der Waals surface area contributed by atoms with E-state index >= 15 is 0 Å². The fraction of sp³-hybridized carbons (Fsp3) is 0.300. The van der Waals surface area contributed by atoms with Gasteiger partial charge in [-0.1, -0.05) is 35.4 Å². The molecule has 0 amide bonds. The van der Waals surface area contributed by atoms with Crippen molar-refractivity contribution in [3.8, 4) is 5.75 Å². The Balaban J connectivity index is 2.88. The van der Waals surface area contributed by atoms with Crippen LogP contribution >= 0.6 is 35.4 Å². The van der Waals surface area contributed by atoms with E-state index in [0.29, 0.717) is 27.2 Å². The summed E-state index contributed by atoms with van der Waals surface area (Å²) in [6, 6.07) is 3.62. The van der Waals surface area contributed by atoms with Crippen LogP contribution in [-0.4, -0.2) is 12.1 Å². The third-order valence-electron chi connectivity index (χ3n) is 1.92. The zero-order valence-corrected chi connectivity index (χ0v) is 10.5. The predicted octanol–water partition coefficient (Wildman–Crippen LogP) is 3.22. The zero-order valence-electron chi connectivity index (χ0n) is 8.22. The van der Waals surface area contributed by atoms with Gasteiger partial charge < -0.3 is 10.5 Å². The van der Waals surface area contributed by atoms with Gasteiger partial charge in [0.25, 0.3) is 0 Å². The van der Waals surface area contributed by atoms with Crippen molar-refractivity contribution in [2.24, 2.45) is 5.73 Å². The van der Waals surface area contributed by atoms with E-state index in [2.05, 4.69) is 0 Å². The average molecular weight is 264 g/mol. The smallest absolute Gasteiger partial charge is 0.156 e. The molecule has 0 aliphatic carbocycles. The van der Waals surface area contributed by atoms with Gasteiger partial charge in [-0.15, -0.1) is 0 Å². The normalized spacial score (nSPS) is 10.1. The van der Waals surface area contributed by atoms with E-state index in [0.717, 1.165) is 12.0 Å². The number of thiocarbonyl (C=S) groups is 1. The van der Waals surface area contributed by atoms with Crippen molar-refractivity contribution in [3.63, 3.8) is 0 Å². The molecule has 0 aromatic heterocycles. The van der Waals surface area contributed by atoms with Gasteiger partial charge in [0.05, 0.1) is 22.1 Å². The van der Waals surface area contributed by atoms with Crippen molar-refractivity contribution in [1.82, 2.24) is 0 Å². The SMILES string of the molecule is COc1c(Cl)cc(CCC(N)=S)cc1Cl. The Hall–Kier alpha value is -0.510. The molecule has 1 aromatic carbocycles. The number of benzene rings is 1. The van der Waals surface area contributed by atoms with Crippen molar-refractivity contribution in [3.05, 3.63) is 27.7 Å². The van der Waals surface area contributed by atoms with Crippen molar-refractivity contribution >= 4 is 40.4 Å². The van der Waals surface area contributed by atoms with E-state index in [1.165, 1.54) is 7.11 Å². The molecule has 0 heterocycles. The van der Waals surface area contributed by atoms with E-state index < -0.39 is 0 Å². The van der Waals surface area contributed by atoms with Crippen LogP contribution in [-0.2, 0) is 6.42 Å². The Morgan fingerprint density at radius 1 is 1.40 bits per heavy atom. The molecule has 0 atom stereocenters. The highest BCUT2D eigenvalue weighted by molar-refractivity contribution is 7.80. The first kappa shape index (κ1) is 12.6. The van der Waals surface area contributed by atoms with Gasteiger partial charge in [-0.2, -0.15) is 0 Å². The van der Waals surface area contributed by atoms with Crippen LogP contribution in [0.2, 0.25) is 10.0 Å². The number of rotatable bonds is 4. The molecular formula is C10H11Cl2NOS. The fourth-order valence-corrected chi connectivity index (χ4v) is 2.01. The summed E-state index contributed by atoms with van der Waals surface area (Å²) < 4.78 is 5.04. The molecule has 2 nitrogen and oxygen atoms in total. The second-order valence-electron chi connectivity index (χ2n) is 3.06. The number of nitrogens with two attached hydrogens (primary N) is 1. The average Bonchev–Trinajstić information content (AvgIpc) is 2.14. The van der Waals surface area contributed by atoms with E-state index in [-0.39, 0.29) is 0 Å². The molecule has 0 spiro atoms. The minimum atomic E-state index is 0.484. The second kappa shape index (κ2) is 5.54. The van der Waals surface area contributed by atoms with Gasteiger partial charge in [0.15, 0.2) is 5.75 Å². The summed E-state index contributed by atoms with van der Waals surface area (Å²) in [6.07, 6.45) is 1.38. The first-order valence-electron chi connectivity index (χ1n) is 4.34. The van der Waals surface area contributed by atoms with Crippen molar-refractivity contribution in [2.75, 3.05) is 7.11 Å². The number of aryl methyl sites for hydroxylation is 1. The highest BCUT2D eigenvalue weighted by Crippen LogP contribution is 2.34. The maximum atomic E-state index is 5.98. The van der Waals surface area contributed by atoms with Gasteiger partial charge in [0.1, 0.15) is 0 Å². The highest BCUT2D eigenvalue weighted by Gasteiger charge is 2.08. The number of hydrogen-bond acceptors (Lipinski definition) is 2. The topological polar surface area (TPSA) is 35.2 Å². The van der Waals surface area contributed by atoms with Gasteiger partial charge in [0, 0.05) is 6.42 Å². The summed E-state index contributed by atoms with van der Waals surface area (Å²) in [5, 5.41) is 1.01. The summed E-state index contributed by atoms with van der Waals surface area (Å²) in [5.74, 6) is 0.498. The summed E-state index contributed by atoms with van der Waals surface area (Å²) in [5.41, 5.74) is 6.41. The summed E-state index contributed by atoms with van der Waals surface area (Å²) in [4.78, 5) is 0.484. The lowest BCUT2D eigenvalue weighted by Gasteiger charge is -2.08. The lowest BCUT2D eigenvalue weighted by Crippen LogP contribution is -2.08. The third-order valence-corrected chi connectivity index (χ3v) is 2.69. The number of methoxy groups -OCH3 is 1. The van der Waals surface area contributed by atoms with Crippen molar-refractivity contribution in [1.29, 1.82) is 0 Å². The first-order chi connectivity index (χ1) is 7.04. The monoisotopic (exact) mass is 263 g/mol. The number of halogens is 2. The van der Waals surface area contributed by atoms with Crippen LogP contribution in [0.3, 0.4) is 0 Å². The molecule has 5 heteroatoms. The molecule has 0 radical (unpaired) electrons. The molecule has 0 unspecified atom stereocenters. The van der Waals surface area contributed by atoms with E-state index in [4.69, 9.17) is 45.9 Å². The van der Waals surface area contributed by atoms with E-state index in [1.807, 2.05) is 12.1 Å². The van der Waals surface area contributed by atoms with Crippen LogP contribution in [0.1, 0.15) is 12.0 Å². The van der Waals surface area contributed by atoms with Crippen LogP contribution in [0.5, 0.6) is 5.75 Å². The molecule has 0 aliphatic rings. The van der Waals surface area contributed by atoms with Crippen LogP contribution in [0, 0.1) is 0 Å². The van der Waals surface area contributed by atoms with Gasteiger partial charge >= 0.3 is 0 Å². The third kappa shape index (κ3) is 3.52. The minimum Gasteiger partial charge on any atom is -0.494 e. The molecule has 0 fully saturated rings. The van der Waals surface area contributed by atoms with E-state index in [9.17, 15) is 0 Å². The van der Waals surface area contributed by atoms with Crippen molar-refractivity contribution < 1.29 is 4.74 Å². The van der Waals surface area contributed by atoms with Crippen LogP contribution < -0.4 is 10.5 Å². The maximum Gasteiger partial charge on any atom is 0.156 e. The summed E-state index contributed by atoms with van der Waals surface area (Å²) in [6.45, 7) is 0. The molecule has 1 rings (SSSR count). The Morgan fingerprint density at radius 2 is 1.93 bits per heavy atom. The fourth-order valence-electron chi connectivity index (χ4n) is 1.22. The number of hydrogen-bond donors (Lipinski definition) is 1. The Kier molecular flexibility index (Phi) is 4.64. The Labute approximate surface area is 104 Å². The molecule has 1 aromatic rings. The Bertz CT molecular complexity index is 359. The van der Waals surface area contributed by atoms with Gasteiger partial charge in [-0.3, -0.25) is 0 Å². The largest absolute Gasteiger partial charge is 0.494 e. The Morgan fingerprint density at radius 3 is 2.33 bits per heavy atom. The van der Waals surface area contributed by atoms with Gasteiger partial charge in [-0.05, 0) is 24.1 Å². The first-order valence-corrected chi connectivity index (χ1v) is 5.51. The van der Waals surface area contributed by atoms with Gasteiger partial charge in [0.2, 0.25) is 0 Å². The maximum absolute atomic E-state index is 5.98. The molecule has 0 saturated carbocycles. The lowest BCUT2D eigenvalue weighted by molar-refractivity contribution is 0.415. The van der Waals surface area contributed by atoms with Crippen LogP contribution in [0.25, 0.3) is 0 Å². The molecule has 0 bridgehead atoms. The zero-order chi connectivity index (χ0) is 11.4. The van der Waals surface area contributed by atoms with Gasteiger partial charge in [-0.25, -0.2) is 0 Å². The van der Waals surface area contributed by atoms with E-state index in [1.54, 1.807) is 0 Å². The minimum absolute atomic E-state index is 0.484. The molecule has 2 N–H and O–H groups in total. The van der Waals surface area contributed by atoms with Crippen molar-refractivity contribution in [2.45, 2.75) is 12.8 Å². The van der Waals surface area contributed by atoms with Crippen LogP contribution in [0.4, 0.5) is 0 Å². The standard InChI is InChI=1S/C10H11Cl2NOS/c1-14-10-7(11)4-6(5-8(10)12)2-3-9(13)15/h4-5H,2-3H2,1H3,(H2,13,15). The summed E-state index contributed by atoms with van der Waals surface area (Å²) in [7, 11) is 1.53. The highest BCUT2D eigenvalue weighted by atomic mass is 35.5. The molecule has 0 aliphatic heterocycles. The molecule has 0 saturated heterocycles. The predicted molar refractivity (Wildman–Crippen MR) is 68.1 cm³/mol.